The fourth-order valence-electron chi connectivity index (χ4n) is 4.36. The maximum absolute atomic E-state index is 12.5. The minimum absolute atomic E-state index is 0.0715. The molecule has 1 saturated heterocycles. The number of aromatic nitrogens is 3. The first-order chi connectivity index (χ1) is 12.8. The van der Waals surface area contributed by atoms with E-state index >= 15 is 0 Å². The van der Waals surface area contributed by atoms with E-state index in [1.165, 1.54) is 48.4 Å². The molecular weight excluding hydrogens is 344 g/mol. The van der Waals surface area contributed by atoms with Gasteiger partial charge in [-0.05, 0) is 63.5 Å². The largest absolute Gasteiger partial charge is 0.293 e. The Kier molecular flexibility index (Phi) is 4.41. The highest BCUT2D eigenvalue weighted by molar-refractivity contribution is 7.09. The summed E-state index contributed by atoms with van der Waals surface area (Å²) in [7, 11) is 0. The molecule has 26 heavy (non-hydrogen) atoms. The zero-order chi connectivity index (χ0) is 17.5. The summed E-state index contributed by atoms with van der Waals surface area (Å²) in [6, 6.07) is 2.23. The van der Waals surface area contributed by atoms with Gasteiger partial charge in [0.2, 0.25) is 0 Å². The van der Waals surface area contributed by atoms with Crippen molar-refractivity contribution in [2.45, 2.75) is 76.4 Å². The third-order valence-electron chi connectivity index (χ3n) is 6.02. The molecule has 2 aromatic heterocycles. The van der Waals surface area contributed by atoms with Crippen LogP contribution in [0.5, 0.6) is 0 Å². The lowest BCUT2D eigenvalue weighted by Crippen LogP contribution is -2.37. The average molecular weight is 371 g/mol. The number of rotatable bonds is 5. The summed E-state index contributed by atoms with van der Waals surface area (Å²) in [5.74, 6) is 0.737. The van der Waals surface area contributed by atoms with E-state index < -0.39 is 0 Å². The maximum Gasteiger partial charge on any atom is 0.267 e. The molecule has 0 bridgehead atoms. The Bertz CT molecular complexity index is 854. The summed E-state index contributed by atoms with van der Waals surface area (Å²) in [5.41, 5.74) is 3.60. The zero-order valence-electron chi connectivity index (χ0n) is 15.2. The van der Waals surface area contributed by atoms with Crippen LogP contribution in [-0.4, -0.2) is 32.3 Å². The number of hydrogen-bond acceptors (Lipinski definition) is 5. The second kappa shape index (κ2) is 6.89. The SMILES string of the molecule is O=c1cc2c(nn1CC1CCCN1Cc1csc(C3CC3)n1)CCCC2. The molecule has 3 aliphatic rings. The molecule has 1 saturated carbocycles. The number of nitrogens with zero attached hydrogens (tertiary/aromatic N) is 4. The van der Waals surface area contributed by atoms with Crippen LogP contribution < -0.4 is 5.56 Å². The van der Waals surface area contributed by atoms with Crippen LogP contribution in [0.4, 0.5) is 0 Å². The van der Waals surface area contributed by atoms with E-state index in [-0.39, 0.29) is 5.56 Å². The highest BCUT2D eigenvalue weighted by Gasteiger charge is 2.29. The van der Waals surface area contributed by atoms with Gasteiger partial charge in [-0.15, -0.1) is 11.3 Å². The van der Waals surface area contributed by atoms with E-state index in [1.54, 1.807) is 4.68 Å². The molecule has 5 rings (SSSR count). The molecule has 0 spiro atoms. The molecule has 138 valence electrons. The highest BCUT2D eigenvalue weighted by atomic mass is 32.1. The van der Waals surface area contributed by atoms with Gasteiger partial charge in [0.15, 0.2) is 0 Å². The molecule has 0 aromatic carbocycles. The first kappa shape index (κ1) is 16.6. The Morgan fingerprint density at radius 3 is 2.92 bits per heavy atom. The summed E-state index contributed by atoms with van der Waals surface area (Å²) in [6.07, 6.45) is 9.38. The Morgan fingerprint density at radius 2 is 2.04 bits per heavy atom. The van der Waals surface area contributed by atoms with Crippen molar-refractivity contribution in [1.29, 1.82) is 0 Å². The smallest absolute Gasteiger partial charge is 0.267 e. The summed E-state index contributed by atoms with van der Waals surface area (Å²) in [4.78, 5) is 19.8. The van der Waals surface area contributed by atoms with Crippen molar-refractivity contribution in [3.05, 3.63) is 43.8 Å². The molecule has 0 amide bonds. The molecule has 3 heterocycles. The molecule has 0 radical (unpaired) electrons. The normalized spacial score (nSPS) is 23.3. The molecule has 0 N–H and O–H groups in total. The number of likely N-dealkylation sites (tertiary alicyclic amines) is 1. The molecule has 5 nitrogen and oxygen atoms in total. The summed E-state index contributed by atoms with van der Waals surface area (Å²) in [5, 5.41) is 8.27. The monoisotopic (exact) mass is 370 g/mol. The van der Waals surface area contributed by atoms with Crippen molar-refractivity contribution in [2.75, 3.05) is 6.54 Å². The van der Waals surface area contributed by atoms with Gasteiger partial charge in [0.25, 0.3) is 5.56 Å². The van der Waals surface area contributed by atoms with Crippen molar-refractivity contribution in [1.82, 2.24) is 19.7 Å². The second-order valence-corrected chi connectivity index (χ2v) is 8.95. The van der Waals surface area contributed by atoms with Crippen molar-refractivity contribution in [3.63, 3.8) is 0 Å². The van der Waals surface area contributed by atoms with Gasteiger partial charge in [-0.1, -0.05) is 0 Å². The molecule has 2 aromatic rings. The van der Waals surface area contributed by atoms with Crippen LogP contribution in [0.2, 0.25) is 0 Å². The van der Waals surface area contributed by atoms with Gasteiger partial charge in [-0.3, -0.25) is 9.69 Å². The van der Waals surface area contributed by atoms with E-state index in [4.69, 9.17) is 10.1 Å². The molecule has 1 atom stereocenters. The van der Waals surface area contributed by atoms with Crippen molar-refractivity contribution in [2.24, 2.45) is 0 Å². The van der Waals surface area contributed by atoms with Gasteiger partial charge in [0.05, 0.1) is 22.9 Å². The lowest BCUT2D eigenvalue weighted by Gasteiger charge is -2.24. The summed E-state index contributed by atoms with van der Waals surface area (Å²) in [6.45, 7) is 2.72. The standard InChI is InChI=1S/C20H26N4OS/c25-19-10-15-4-1-2-6-18(15)22-24(19)12-17-5-3-9-23(17)11-16-13-26-20(21-16)14-7-8-14/h10,13-14,17H,1-9,11-12H2. The Morgan fingerprint density at radius 1 is 1.15 bits per heavy atom. The fraction of sp³-hybridized carbons (Fsp3) is 0.650. The van der Waals surface area contributed by atoms with E-state index in [1.807, 2.05) is 17.4 Å². The van der Waals surface area contributed by atoms with Crippen LogP contribution in [0.25, 0.3) is 0 Å². The fourth-order valence-corrected chi connectivity index (χ4v) is 5.34. The van der Waals surface area contributed by atoms with Crippen LogP contribution in [0, 0.1) is 0 Å². The molecule has 1 aliphatic heterocycles. The molecular formula is C20H26N4OS. The Labute approximate surface area is 158 Å². The van der Waals surface area contributed by atoms with E-state index in [2.05, 4.69) is 10.3 Å². The van der Waals surface area contributed by atoms with E-state index in [9.17, 15) is 4.79 Å². The number of fused-ring (bicyclic) bond motifs is 1. The molecule has 6 heteroatoms. The van der Waals surface area contributed by atoms with Gasteiger partial charge in [0.1, 0.15) is 0 Å². The van der Waals surface area contributed by atoms with E-state index in [0.29, 0.717) is 12.6 Å². The van der Waals surface area contributed by atoms with Gasteiger partial charge < -0.3 is 0 Å². The second-order valence-electron chi connectivity index (χ2n) is 8.06. The molecule has 1 unspecified atom stereocenters. The number of aryl methyl sites for hydroxylation is 2. The zero-order valence-corrected chi connectivity index (χ0v) is 16.0. The van der Waals surface area contributed by atoms with Gasteiger partial charge >= 0.3 is 0 Å². The lowest BCUT2D eigenvalue weighted by atomic mass is 9.97. The predicted molar refractivity (Wildman–Crippen MR) is 103 cm³/mol. The van der Waals surface area contributed by atoms with Crippen LogP contribution in [0.1, 0.15) is 66.4 Å². The Balaban J connectivity index is 1.30. The van der Waals surface area contributed by atoms with Crippen molar-refractivity contribution in [3.8, 4) is 0 Å². The van der Waals surface area contributed by atoms with Gasteiger partial charge in [-0.2, -0.15) is 5.10 Å². The van der Waals surface area contributed by atoms with Crippen LogP contribution in [0.15, 0.2) is 16.2 Å². The topological polar surface area (TPSA) is 51.0 Å². The minimum atomic E-state index is 0.0715. The van der Waals surface area contributed by atoms with Crippen LogP contribution in [-0.2, 0) is 25.9 Å². The number of thiazole rings is 1. The summed E-state index contributed by atoms with van der Waals surface area (Å²) < 4.78 is 1.73. The average Bonchev–Trinajstić information content (AvgIpc) is 3.24. The van der Waals surface area contributed by atoms with Gasteiger partial charge in [-0.25, -0.2) is 9.67 Å². The van der Waals surface area contributed by atoms with Crippen molar-refractivity contribution >= 4 is 11.3 Å². The van der Waals surface area contributed by atoms with Crippen molar-refractivity contribution < 1.29 is 0 Å². The minimum Gasteiger partial charge on any atom is -0.293 e. The first-order valence-corrected chi connectivity index (χ1v) is 10.9. The lowest BCUT2D eigenvalue weighted by molar-refractivity contribution is 0.214. The Hall–Kier alpha value is -1.53. The highest BCUT2D eigenvalue weighted by Crippen LogP contribution is 2.41. The first-order valence-electron chi connectivity index (χ1n) is 10.0. The number of hydrogen-bond donors (Lipinski definition) is 0. The quantitative estimate of drug-likeness (QED) is 0.811. The molecule has 2 aliphatic carbocycles. The van der Waals surface area contributed by atoms with E-state index in [0.717, 1.165) is 44.0 Å². The summed E-state index contributed by atoms with van der Waals surface area (Å²) >= 11 is 1.82. The third-order valence-corrected chi connectivity index (χ3v) is 7.07. The van der Waals surface area contributed by atoms with Crippen LogP contribution in [0.3, 0.4) is 0 Å². The van der Waals surface area contributed by atoms with Crippen LogP contribution >= 0.6 is 11.3 Å². The van der Waals surface area contributed by atoms with Gasteiger partial charge in [0, 0.05) is 30.0 Å². The molecule has 2 fully saturated rings. The maximum atomic E-state index is 12.5. The predicted octanol–water partition coefficient (Wildman–Crippen LogP) is 3.12. The third kappa shape index (κ3) is 3.37.